The van der Waals surface area contributed by atoms with Gasteiger partial charge in [0.15, 0.2) is 0 Å². The van der Waals surface area contributed by atoms with Crippen LogP contribution in [0.1, 0.15) is 36.9 Å². The third-order valence-electron chi connectivity index (χ3n) is 2.61. The molecular formula is C14H22N2O3S. The maximum atomic E-state index is 11.9. The molecule has 1 unspecified atom stereocenters. The van der Waals surface area contributed by atoms with E-state index < -0.39 is 6.09 Å². The van der Waals surface area contributed by atoms with Gasteiger partial charge >= 0.3 is 6.09 Å². The van der Waals surface area contributed by atoms with Gasteiger partial charge in [0, 0.05) is 12.6 Å². The standard InChI is InChI=1S/C14H22N2O3S/c1-4-19-14(18)16-11(8-10(2)3)9-15-13(17)12-6-5-7-20-12/h5-7,10-11H,4,8-9H2,1-3H3,(H,15,17)(H,16,18). The largest absolute Gasteiger partial charge is 0.450 e. The molecule has 112 valence electrons. The molecule has 2 amide bonds. The summed E-state index contributed by atoms with van der Waals surface area (Å²) in [5.41, 5.74) is 0. The fourth-order valence-corrected chi connectivity index (χ4v) is 2.45. The summed E-state index contributed by atoms with van der Waals surface area (Å²) in [5.74, 6) is 0.306. The lowest BCUT2D eigenvalue weighted by Crippen LogP contribution is -2.44. The summed E-state index contributed by atoms with van der Waals surface area (Å²) in [6.45, 7) is 6.63. The molecule has 20 heavy (non-hydrogen) atoms. The Morgan fingerprint density at radius 3 is 2.70 bits per heavy atom. The molecule has 6 heteroatoms. The summed E-state index contributed by atoms with van der Waals surface area (Å²) in [6.07, 6.45) is 0.340. The zero-order chi connectivity index (χ0) is 15.0. The molecule has 1 heterocycles. The number of rotatable bonds is 7. The predicted octanol–water partition coefficient (Wildman–Crippen LogP) is 2.64. The Kier molecular flexibility index (Phi) is 7.08. The molecule has 1 rings (SSSR count). The molecule has 0 spiro atoms. The zero-order valence-corrected chi connectivity index (χ0v) is 13.0. The van der Waals surface area contributed by atoms with Crippen molar-refractivity contribution in [2.24, 2.45) is 5.92 Å². The Morgan fingerprint density at radius 1 is 1.40 bits per heavy atom. The van der Waals surface area contributed by atoms with Gasteiger partial charge in [-0.3, -0.25) is 4.79 Å². The minimum Gasteiger partial charge on any atom is -0.450 e. The Balaban J connectivity index is 2.47. The van der Waals surface area contributed by atoms with E-state index >= 15 is 0 Å². The smallest absolute Gasteiger partial charge is 0.407 e. The van der Waals surface area contributed by atoms with Crippen molar-refractivity contribution in [3.63, 3.8) is 0 Å². The van der Waals surface area contributed by atoms with Gasteiger partial charge in [-0.2, -0.15) is 0 Å². The van der Waals surface area contributed by atoms with Crippen molar-refractivity contribution >= 4 is 23.3 Å². The molecule has 0 aliphatic rings. The van der Waals surface area contributed by atoms with Crippen molar-refractivity contribution in [2.45, 2.75) is 33.2 Å². The third-order valence-corrected chi connectivity index (χ3v) is 3.48. The van der Waals surface area contributed by atoms with Gasteiger partial charge in [0.05, 0.1) is 11.5 Å². The van der Waals surface area contributed by atoms with E-state index in [0.29, 0.717) is 23.9 Å². The van der Waals surface area contributed by atoms with Gasteiger partial charge in [-0.25, -0.2) is 4.79 Å². The Morgan fingerprint density at radius 2 is 2.15 bits per heavy atom. The van der Waals surface area contributed by atoms with Crippen molar-refractivity contribution in [3.8, 4) is 0 Å². The summed E-state index contributed by atoms with van der Waals surface area (Å²) in [7, 11) is 0. The van der Waals surface area contributed by atoms with Crippen LogP contribution in [-0.4, -0.2) is 31.2 Å². The number of hydrogen-bond acceptors (Lipinski definition) is 4. The van der Waals surface area contributed by atoms with Crippen molar-refractivity contribution in [1.29, 1.82) is 0 Å². The van der Waals surface area contributed by atoms with Crippen LogP contribution in [0.15, 0.2) is 17.5 Å². The molecule has 1 aromatic heterocycles. The molecule has 0 radical (unpaired) electrons. The van der Waals surface area contributed by atoms with E-state index in [9.17, 15) is 9.59 Å². The van der Waals surface area contributed by atoms with Gasteiger partial charge in [0.2, 0.25) is 0 Å². The maximum absolute atomic E-state index is 11.9. The lowest BCUT2D eigenvalue weighted by molar-refractivity contribution is 0.0948. The number of amides is 2. The molecule has 1 aromatic rings. The fourth-order valence-electron chi connectivity index (χ4n) is 1.81. The predicted molar refractivity (Wildman–Crippen MR) is 80.1 cm³/mol. The first-order valence-electron chi connectivity index (χ1n) is 6.77. The SMILES string of the molecule is CCOC(=O)NC(CNC(=O)c1cccs1)CC(C)C. The quantitative estimate of drug-likeness (QED) is 0.813. The van der Waals surface area contributed by atoms with Crippen LogP contribution in [0.25, 0.3) is 0 Å². The highest BCUT2D eigenvalue weighted by Crippen LogP contribution is 2.09. The highest BCUT2D eigenvalue weighted by Gasteiger charge is 2.16. The van der Waals surface area contributed by atoms with Crippen molar-refractivity contribution in [2.75, 3.05) is 13.2 Å². The molecule has 0 fully saturated rings. The van der Waals surface area contributed by atoms with Crippen LogP contribution >= 0.6 is 11.3 Å². The monoisotopic (exact) mass is 298 g/mol. The first-order chi connectivity index (χ1) is 9.52. The van der Waals surface area contributed by atoms with Crippen LogP contribution in [0.4, 0.5) is 4.79 Å². The first kappa shape index (κ1) is 16.5. The summed E-state index contributed by atoms with van der Waals surface area (Å²) in [5, 5.41) is 7.48. The number of nitrogens with one attached hydrogen (secondary N) is 2. The Hall–Kier alpha value is -1.56. The van der Waals surface area contributed by atoms with E-state index in [1.807, 2.05) is 11.4 Å². The number of carbonyl (C=O) groups is 2. The third kappa shape index (κ3) is 6.06. The summed E-state index contributed by atoms with van der Waals surface area (Å²) >= 11 is 1.39. The van der Waals surface area contributed by atoms with Crippen LogP contribution in [0, 0.1) is 5.92 Å². The lowest BCUT2D eigenvalue weighted by Gasteiger charge is -2.20. The van der Waals surface area contributed by atoms with E-state index in [2.05, 4.69) is 24.5 Å². The molecule has 0 aromatic carbocycles. The number of alkyl carbamates (subject to hydrolysis) is 1. The second-order valence-electron chi connectivity index (χ2n) is 4.88. The average Bonchev–Trinajstić information content (AvgIpc) is 2.89. The minimum absolute atomic E-state index is 0.112. The fraction of sp³-hybridized carbons (Fsp3) is 0.571. The van der Waals surface area contributed by atoms with E-state index in [0.717, 1.165) is 6.42 Å². The molecule has 0 saturated heterocycles. The van der Waals surface area contributed by atoms with Gasteiger partial charge < -0.3 is 15.4 Å². The van der Waals surface area contributed by atoms with E-state index in [4.69, 9.17) is 4.74 Å². The number of thiophene rings is 1. The van der Waals surface area contributed by atoms with Crippen LogP contribution in [-0.2, 0) is 4.74 Å². The average molecular weight is 298 g/mol. The van der Waals surface area contributed by atoms with Crippen molar-refractivity contribution < 1.29 is 14.3 Å². The first-order valence-corrected chi connectivity index (χ1v) is 7.65. The summed E-state index contributed by atoms with van der Waals surface area (Å²) in [6, 6.07) is 3.48. The van der Waals surface area contributed by atoms with E-state index in [1.165, 1.54) is 11.3 Å². The van der Waals surface area contributed by atoms with Crippen LogP contribution in [0.3, 0.4) is 0 Å². The van der Waals surface area contributed by atoms with Gasteiger partial charge in [-0.15, -0.1) is 11.3 Å². The second-order valence-corrected chi connectivity index (χ2v) is 5.83. The molecule has 0 aliphatic heterocycles. The Labute approximate surface area is 123 Å². The van der Waals surface area contributed by atoms with Crippen molar-refractivity contribution in [1.82, 2.24) is 10.6 Å². The normalized spacial score (nSPS) is 12.0. The Bertz CT molecular complexity index is 418. The van der Waals surface area contributed by atoms with Crippen molar-refractivity contribution in [3.05, 3.63) is 22.4 Å². The van der Waals surface area contributed by atoms with Gasteiger partial charge in [0.1, 0.15) is 0 Å². The van der Waals surface area contributed by atoms with E-state index in [-0.39, 0.29) is 11.9 Å². The molecule has 0 bridgehead atoms. The molecule has 2 N–H and O–H groups in total. The summed E-state index contributed by atoms with van der Waals surface area (Å²) < 4.78 is 4.87. The van der Waals surface area contributed by atoms with Gasteiger partial charge in [0.25, 0.3) is 5.91 Å². The molecule has 5 nitrogen and oxygen atoms in total. The minimum atomic E-state index is -0.441. The topological polar surface area (TPSA) is 67.4 Å². The molecular weight excluding hydrogens is 276 g/mol. The number of hydrogen-bond donors (Lipinski definition) is 2. The molecule has 0 aliphatic carbocycles. The molecule has 1 atom stereocenters. The van der Waals surface area contributed by atoms with Gasteiger partial charge in [-0.1, -0.05) is 19.9 Å². The highest BCUT2D eigenvalue weighted by molar-refractivity contribution is 7.12. The van der Waals surface area contributed by atoms with Crippen LogP contribution in [0.2, 0.25) is 0 Å². The number of carbonyl (C=O) groups excluding carboxylic acids is 2. The zero-order valence-electron chi connectivity index (χ0n) is 12.1. The highest BCUT2D eigenvalue weighted by atomic mass is 32.1. The maximum Gasteiger partial charge on any atom is 0.407 e. The van der Waals surface area contributed by atoms with Crippen LogP contribution in [0.5, 0.6) is 0 Å². The van der Waals surface area contributed by atoms with Gasteiger partial charge in [-0.05, 0) is 30.7 Å². The molecule has 0 saturated carbocycles. The number of ether oxygens (including phenoxy) is 1. The lowest BCUT2D eigenvalue weighted by atomic mass is 10.0. The summed E-state index contributed by atoms with van der Waals surface area (Å²) in [4.78, 5) is 24.0. The van der Waals surface area contributed by atoms with E-state index in [1.54, 1.807) is 13.0 Å². The second kappa shape index (κ2) is 8.58. The van der Waals surface area contributed by atoms with Crippen LogP contribution < -0.4 is 10.6 Å².